The van der Waals surface area contributed by atoms with Gasteiger partial charge >= 0.3 is 0 Å². The molecule has 5 rings (SSSR count). The number of nitrogens with one attached hydrogen (secondary N) is 1. The van der Waals surface area contributed by atoms with Crippen molar-refractivity contribution < 1.29 is 26.4 Å². The Bertz CT molecular complexity index is 1300. The second-order valence-corrected chi connectivity index (χ2v) is 11.6. The molecule has 2 heterocycles. The molecular weight excluding hydrogens is 505 g/mol. The molecule has 0 spiro atoms. The Hall–Kier alpha value is -2.66. The summed E-state index contributed by atoms with van der Waals surface area (Å²) in [6.07, 6.45) is 6.98. The smallest absolute Gasteiger partial charge is 0.289 e. The van der Waals surface area contributed by atoms with Gasteiger partial charge in [-0.15, -0.1) is 0 Å². The van der Waals surface area contributed by atoms with Crippen LogP contribution < -0.4 is 10.2 Å². The van der Waals surface area contributed by atoms with Crippen molar-refractivity contribution in [3.63, 3.8) is 0 Å². The molecule has 2 aliphatic carbocycles. The molecule has 0 radical (unpaired) electrons. The number of piperidine rings is 1. The number of benzene rings is 1. The Labute approximate surface area is 205 Å². The Kier molecular flexibility index (Phi) is 5.83. The quantitative estimate of drug-likeness (QED) is 0.590. The number of nitrogens with zero attached hydrogens (tertiary/aromatic N) is 3. The predicted molar refractivity (Wildman–Crippen MR) is 123 cm³/mol. The fourth-order valence-corrected chi connectivity index (χ4v) is 5.48. The third-order valence-electron chi connectivity index (χ3n) is 6.77. The molecule has 1 saturated heterocycles. The molecule has 3 aliphatic rings. The molecule has 4 atom stereocenters. The number of carbonyl (C=O) groups is 1. The van der Waals surface area contributed by atoms with Crippen molar-refractivity contribution in [1.29, 1.82) is 0 Å². The van der Waals surface area contributed by atoms with Gasteiger partial charge in [-0.05, 0) is 30.4 Å². The van der Waals surface area contributed by atoms with E-state index in [4.69, 9.17) is 11.6 Å². The summed E-state index contributed by atoms with van der Waals surface area (Å²) in [6, 6.07) is 2.81. The van der Waals surface area contributed by atoms with Crippen LogP contribution in [0.4, 0.5) is 18.9 Å². The zero-order valence-electron chi connectivity index (χ0n) is 18.5. The molecule has 1 amide bonds. The van der Waals surface area contributed by atoms with E-state index in [1.165, 1.54) is 36.7 Å². The highest BCUT2D eigenvalue weighted by Gasteiger charge is 2.76. The number of halogens is 4. The monoisotopic (exact) mass is 526 g/mol. The number of amides is 1. The highest BCUT2D eigenvalue weighted by atomic mass is 35.5. The average molecular weight is 527 g/mol. The van der Waals surface area contributed by atoms with Crippen LogP contribution in [0.3, 0.4) is 0 Å². The lowest BCUT2D eigenvalue weighted by Gasteiger charge is -2.31. The zero-order chi connectivity index (χ0) is 25.1. The van der Waals surface area contributed by atoms with Crippen molar-refractivity contribution in [3.05, 3.63) is 64.3 Å². The second-order valence-electron chi connectivity index (χ2n) is 9.31. The maximum absolute atomic E-state index is 14.3. The number of rotatable bonds is 7. The first-order chi connectivity index (χ1) is 16.5. The summed E-state index contributed by atoms with van der Waals surface area (Å²) in [5, 5.41) is 3.61. The van der Waals surface area contributed by atoms with Crippen LogP contribution in [0.5, 0.6) is 0 Å². The summed E-state index contributed by atoms with van der Waals surface area (Å²) in [5.74, 6) is -6.02. The standard InChI is InChI=1S/C23H22ClF3N4O3S/c1-35(33,34)8-7-17(12-5-6-12)30-22(32)21-28-9-13(10-29-21)31-11-15-18(23(15,26)27)20(31)14-3-2-4-16(25)19(14)24/h2-4,7-10,12,15,17-18,20H,5-6,11H2,1H3,(H,30,32)/b8-7+/t15-,17+,18-,20-/m1/s1. The summed E-state index contributed by atoms with van der Waals surface area (Å²) in [7, 11) is -3.34. The number of hydrogen-bond donors (Lipinski definition) is 1. The topological polar surface area (TPSA) is 92.3 Å². The average Bonchev–Trinajstić information content (AvgIpc) is 3.67. The van der Waals surface area contributed by atoms with E-state index in [1.807, 2.05) is 0 Å². The molecule has 1 aromatic heterocycles. The minimum Gasteiger partial charge on any atom is -0.361 e. The molecule has 2 aromatic rings. The van der Waals surface area contributed by atoms with Gasteiger partial charge in [0.25, 0.3) is 11.8 Å². The van der Waals surface area contributed by atoms with E-state index < -0.39 is 51.4 Å². The number of anilines is 1. The fraction of sp³-hybridized carbons (Fsp3) is 0.435. The molecule has 0 unspecified atom stereocenters. The second kappa shape index (κ2) is 8.48. The number of carbonyl (C=O) groups excluding carboxylic acids is 1. The van der Waals surface area contributed by atoms with E-state index in [9.17, 15) is 26.4 Å². The van der Waals surface area contributed by atoms with E-state index >= 15 is 0 Å². The van der Waals surface area contributed by atoms with Gasteiger partial charge in [-0.1, -0.05) is 29.8 Å². The van der Waals surface area contributed by atoms with Crippen LogP contribution in [0.15, 0.2) is 42.1 Å². The molecule has 1 aromatic carbocycles. The van der Waals surface area contributed by atoms with Gasteiger partial charge in [-0.25, -0.2) is 31.6 Å². The van der Waals surface area contributed by atoms with Crippen molar-refractivity contribution in [2.45, 2.75) is 30.8 Å². The van der Waals surface area contributed by atoms with E-state index in [1.54, 1.807) is 4.90 Å². The number of hydrogen-bond acceptors (Lipinski definition) is 6. The molecule has 35 heavy (non-hydrogen) atoms. The minimum absolute atomic E-state index is 0.0180. The Balaban J connectivity index is 1.35. The van der Waals surface area contributed by atoms with Crippen molar-refractivity contribution in [2.24, 2.45) is 17.8 Å². The summed E-state index contributed by atoms with van der Waals surface area (Å²) in [5.41, 5.74) is 0.675. The highest BCUT2D eigenvalue weighted by molar-refractivity contribution is 7.93. The normalized spacial score (nSPS) is 26.0. The third kappa shape index (κ3) is 4.63. The highest BCUT2D eigenvalue weighted by Crippen LogP contribution is 2.67. The maximum Gasteiger partial charge on any atom is 0.289 e. The van der Waals surface area contributed by atoms with Crippen molar-refractivity contribution in [1.82, 2.24) is 15.3 Å². The third-order valence-corrected chi connectivity index (χ3v) is 7.82. The fourth-order valence-electron chi connectivity index (χ4n) is 4.79. The van der Waals surface area contributed by atoms with Gasteiger partial charge in [0.2, 0.25) is 5.82 Å². The summed E-state index contributed by atoms with van der Waals surface area (Å²) < 4.78 is 65.5. The van der Waals surface area contributed by atoms with E-state index in [-0.39, 0.29) is 28.9 Å². The van der Waals surface area contributed by atoms with Crippen molar-refractivity contribution >= 4 is 33.0 Å². The minimum atomic E-state index is -3.34. The maximum atomic E-state index is 14.3. The van der Waals surface area contributed by atoms with E-state index in [2.05, 4.69) is 15.3 Å². The number of fused-ring (bicyclic) bond motifs is 1. The van der Waals surface area contributed by atoms with Crippen LogP contribution in [0, 0.1) is 23.6 Å². The van der Waals surface area contributed by atoms with Gasteiger partial charge in [0.05, 0.1) is 47.0 Å². The summed E-state index contributed by atoms with van der Waals surface area (Å²) in [6.45, 7) is 0.0180. The van der Waals surface area contributed by atoms with Crippen LogP contribution >= 0.6 is 11.6 Å². The van der Waals surface area contributed by atoms with Crippen molar-refractivity contribution in [2.75, 3.05) is 17.7 Å². The van der Waals surface area contributed by atoms with Gasteiger partial charge in [0.15, 0.2) is 9.84 Å². The molecule has 1 aliphatic heterocycles. The first-order valence-corrected chi connectivity index (χ1v) is 13.4. The first kappa shape index (κ1) is 24.1. The molecule has 186 valence electrons. The lowest BCUT2D eigenvalue weighted by atomic mass is 10.0. The van der Waals surface area contributed by atoms with Crippen LogP contribution in [0.25, 0.3) is 0 Å². The summed E-state index contributed by atoms with van der Waals surface area (Å²) >= 11 is 6.13. The van der Waals surface area contributed by atoms with Gasteiger partial charge in [0.1, 0.15) is 5.82 Å². The molecule has 7 nitrogen and oxygen atoms in total. The van der Waals surface area contributed by atoms with Gasteiger partial charge in [-0.3, -0.25) is 4.79 Å². The van der Waals surface area contributed by atoms with Crippen LogP contribution in [0.1, 0.15) is 35.1 Å². The largest absolute Gasteiger partial charge is 0.361 e. The molecule has 1 N–H and O–H groups in total. The SMILES string of the molecule is CS(=O)(=O)/C=C/[C@H](NC(=O)c1ncc(N2C[C@@H]3[C@H]([C@H]2c2cccc(F)c2Cl)C3(F)F)cn1)C1CC1. The lowest BCUT2D eigenvalue weighted by Crippen LogP contribution is -2.36. The molecular formula is C23H22ClF3N4O3S. The number of aromatic nitrogens is 2. The number of sulfone groups is 1. The van der Waals surface area contributed by atoms with Gasteiger partial charge < -0.3 is 10.2 Å². The molecule has 0 bridgehead atoms. The van der Waals surface area contributed by atoms with Crippen LogP contribution in [0.2, 0.25) is 5.02 Å². The van der Waals surface area contributed by atoms with E-state index in [0.717, 1.165) is 24.5 Å². The van der Waals surface area contributed by atoms with Crippen LogP contribution in [-0.4, -0.2) is 49.1 Å². The van der Waals surface area contributed by atoms with Crippen molar-refractivity contribution in [3.8, 4) is 0 Å². The van der Waals surface area contributed by atoms with Crippen LogP contribution in [-0.2, 0) is 9.84 Å². The Morgan fingerprint density at radius 1 is 1.29 bits per heavy atom. The Morgan fingerprint density at radius 3 is 2.60 bits per heavy atom. The Morgan fingerprint density at radius 2 is 1.97 bits per heavy atom. The number of alkyl halides is 2. The van der Waals surface area contributed by atoms with Gasteiger partial charge in [-0.2, -0.15) is 0 Å². The summed E-state index contributed by atoms with van der Waals surface area (Å²) in [4.78, 5) is 22.5. The first-order valence-electron chi connectivity index (χ1n) is 11.1. The van der Waals surface area contributed by atoms with E-state index in [0.29, 0.717) is 5.69 Å². The zero-order valence-corrected chi connectivity index (χ0v) is 20.1. The predicted octanol–water partition coefficient (Wildman–Crippen LogP) is 3.78. The lowest BCUT2D eigenvalue weighted by molar-refractivity contribution is 0.0719. The molecule has 12 heteroatoms. The molecule has 3 fully saturated rings. The molecule has 2 saturated carbocycles. The van der Waals surface area contributed by atoms with Gasteiger partial charge in [0, 0.05) is 18.2 Å².